The van der Waals surface area contributed by atoms with Crippen molar-refractivity contribution in [2.45, 2.75) is 31.0 Å². The summed E-state index contributed by atoms with van der Waals surface area (Å²) >= 11 is 1.44. The molecule has 1 saturated heterocycles. The molecule has 0 amide bonds. The largest absolute Gasteiger partial charge is 0.469 e. The van der Waals surface area contributed by atoms with Crippen molar-refractivity contribution in [3.63, 3.8) is 0 Å². The molecule has 0 spiro atoms. The van der Waals surface area contributed by atoms with Crippen LogP contribution in [0.15, 0.2) is 12.7 Å². The number of hydrogen-bond acceptors (Lipinski definition) is 10. The summed E-state index contributed by atoms with van der Waals surface area (Å²) < 4.78 is 11.9. The van der Waals surface area contributed by atoms with Crippen LogP contribution in [0, 0.1) is 0 Å². The molecule has 136 valence electrons. The van der Waals surface area contributed by atoms with Gasteiger partial charge in [-0.2, -0.15) is 11.8 Å². The zero-order chi connectivity index (χ0) is 18.0. The van der Waals surface area contributed by atoms with E-state index in [1.807, 2.05) is 0 Å². The van der Waals surface area contributed by atoms with E-state index in [-0.39, 0.29) is 18.2 Å². The van der Waals surface area contributed by atoms with Gasteiger partial charge in [0.15, 0.2) is 17.7 Å². The number of methoxy groups -OCH3 is 1. The van der Waals surface area contributed by atoms with Crippen molar-refractivity contribution < 1.29 is 24.5 Å². The third-order valence-corrected chi connectivity index (χ3v) is 5.02. The normalized spacial score (nSPS) is 26.2. The number of nitrogens with two attached hydrogens (primary N) is 1. The Morgan fingerprint density at radius 1 is 1.40 bits per heavy atom. The van der Waals surface area contributed by atoms with Gasteiger partial charge in [0.05, 0.1) is 26.0 Å². The number of carbonyl (C=O) groups excluding carboxylic acids is 1. The first-order chi connectivity index (χ1) is 12.0. The number of nitrogen functional groups attached to an aromatic ring is 1. The van der Waals surface area contributed by atoms with E-state index < -0.39 is 24.5 Å². The van der Waals surface area contributed by atoms with E-state index in [2.05, 4.69) is 19.7 Å². The molecule has 3 heterocycles. The standard InChI is InChI=1S/C14H19N5O5S/c1-23-8(20)2-3-25-4-7-10(21)11(22)14(24-7)19-6-18-9-12(15)16-5-17-13(9)19/h5-7,10-11,14,21-22H,2-4H2,1H3,(H2,15,16,17)/t7-,10-,11-,14?/m1/s1. The predicted octanol–water partition coefficient (Wildman–Crippen LogP) is -0.676. The molecule has 10 nitrogen and oxygen atoms in total. The summed E-state index contributed by atoms with van der Waals surface area (Å²) in [5.41, 5.74) is 6.58. The average molecular weight is 369 g/mol. The Labute approximate surface area is 147 Å². The van der Waals surface area contributed by atoms with E-state index in [1.54, 1.807) is 0 Å². The summed E-state index contributed by atoms with van der Waals surface area (Å²) in [4.78, 5) is 23.2. The van der Waals surface area contributed by atoms with Crippen LogP contribution in [0.4, 0.5) is 5.82 Å². The number of aliphatic hydroxyl groups is 2. The van der Waals surface area contributed by atoms with Crippen molar-refractivity contribution in [2.75, 3.05) is 24.3 Å². The monoisotopic (exact) mass is 369 g/mol. The molecule has 4 atom stereocenters. The second-order valence-electron chi connectivity index (χ2n) is 5.53. The minimum absolute atomic E-state index is 0.228. The highest BCUT2D eigenvalue weighted by Crippen LogP contribution is 2.33. The van der Waals surface area contributed by atoms with Gasteiger partial charge in [-0.15, -0.1) is 0 Å². The average Bonchev–Trinajstić information content (AvgIpc) is 3.15. The van der Waals surface area contributed by atoms with Gasteiger partial charge in [-0.05, 0) is 0 Å². The third-order valence-electron chi connectivity index (χ3n) is 3.96. The Hall–Kier alpha value is -1.95. The molecule has 11 heteroatoms. The van der Waals surface area contributed by atoms with E-state index in [0.29, 0.717) is 22.7 Å². The molecule has 0 aliphatic carbocycles. The molecule has 0 bridgehead atoms. The minimum atomic E-state index is -1.14. The molecule has 0 aromatic carbocycles. The van der Waals surface area contributed by atoms with E-state index in [1.165, 1.54) is 36.1 Å². The Bertz CT molecular complexity index is 756. The summed E-state index contributed by atoms with van der Waals surface area (Å²) in [5, 5.41) is 20.6. The van der Waals surface area contributed by atoms with Crippen molar-refractivity contribution in [3.05, 3.63) is 12.7 Å². The minimum Gasteiger partial charge on any atom is -0.469 e. The maximum Gasteiger partial charge on any atom is 0.306 e. The van der Waals surface area contributed by atoms with E-state index in [0.717, 1.165) is 0 Å². The fraction of sp³-hybridized carbons (Fsp3) is 0.571. The second-order valence-corrected chi connectivity index (χ2v) is 6.68. The van der Waals surface area contributed by atoms with Gasteiger partial charge in [-0.1, -0.05) is 0 Å². The number of imidazole rings is 1. The van der Waals surface area contributed by atoms with Crippen LogP contribution < -0.4 is 5.73 Å². The van der Waals surface area contributed by atoms with Gasteiger partial charge in [-0.25, -0.2) is 15.0 Å². The molecule has 2 aromatic rings. The molecular weight excluding hydrogens is 350 g/mol. The van der Waals surface area contributed by atoms with Crippen molar-refractivity contribution in [1.29, 1.82) is 0 Å². The van der Waals surface area contributed by atoms with Crippen LogP contribution in [0.2, 0.25) is 0 Å². The van der Waals surface area contributed by atoms with Crippen LogP contribution in [-0.2, 0) is 14.3 Å². The molecule has 25 heavy (non-hydrogen) atoms. The summed E-state index contributed by atoms with van der Waals surface area (Å²) in [7, 11) is 1.34. The number of ether oxygens (including phenoxy) is 2. The molecule has 2 aromatic heterocycles. The number of rotatable bonds is 6. The highest BCUT2D eigenvalue weighted by molar-refractivity contribution is 7.99. The third kappa shape index (κ3) is 3.54. The van der Waals surface area contributed by atoms with Crippen LogP contribution in [0.1, 0.15) is 12.6 Å². The van der Waals surface area contributed by atoms with E-state index in [9.17, 15) is 15.0 Å². The van der Waals surface area contributed by atoms with Gasteiger partial charge < -0.3 is 25.4 Å². The van der Waals surface area contributed by atoms with Gasteiger partial charge >= 0.3 is 5.97 Å². The van der Waals surface area contributed by atoms with Gasteiger partial charge in [0, 0.05) is 11.5 Å². The molecule has 1 fully saturated rings. The van der Waals surface area contributed by atoms with E-state index in [4.69, 9.17) is 10.5 Å². The molecule has 1 aliphatic heterocycles. The molecular formula is C14H19N5O5S. The number of nitrogens with zero attached hydrogens (tertiary/aromatic N) is 4. The van der Waals surface area contributed by atoms with Gasteiger partial charge in [0.1, 0.15) is 24.1 Å². The SMILES string of the molecule is COC(=O)CCSC[C@H]1OC(n2cnc3c(N)ncnc32)[C@H](O)[C@@H]1O. The fourth-order valence-electron chi connectivity index (χ4n) is 2.61. The molecule has 1 aliphatic rings. The highest BCUT2D eigenvalue weighted by atomic mass is 32.2. The number of esters is 1. The van der Waals surface area contributed by atoms with Crippen LogP contribution in [0.3, 0.4) is 0 Å². The summed E-state index contributed by atoms with van der Waals surface area (Å²) in [5.74, 6) is 0.903. The van der Waals surface area contributed by atoms with Gasteiger partial charge in [0.2, 0.25) is 0 Å². The number of fused-ring (bicyclic) bond motifs is 1. The summed E-state index contributed by atoms with van der Waals surface area (Å²) in [6.45, 7) is 0. The smallest absolute Gasteiger partial charge is 0.306 e. The quantitative estimate of drug-likeness (QED) is 0.442. The second kappa shape index (κ2) is 7.52. The Morgan fingerprint density at radius 2 is 2.20 bits per heavy atom. The van der Waals surface area contributed by atoms with E-state index >= 15 is 0 Å². The summed E-state index contributed by atoms with van der Waals surface area (Å²) in [6, 6.07) is 0. The van der Waals surface area contributed by atoms with Crippen LogP contribution in [0.5, 0.6) is 0 Å². The summed E-state index contributed by atoms with van der Waals surface area (Å²) in [6.07, 6.45) is -0.596. The zero-order valence-electron chi connectivity index (χ0n) is 13.5. The first-order valence-electron chi connectivity index (χ1n) is 7.62. The number of carbonyl (C=O) groups is 1. The molecule has 1 unspecified atom stereocenters. The first-order valence-corrected chi connectivity index (χ1v) is 8.77. The van der Waals surface area contributed by atoms with Gasteiger partial charge in [-0.3, -0.25) is 9.36 Å². The maximum absolute atomic E-state index is 11.1. The molecule has 0 saturated carbocycles. The Balaban J connectivity index is 1.67. The lowest BCUT2D eigenvalue weighted by Crippen LogP contribution is -2.32. The lowest BCUT2D eigenvalue weighted by atomic mass is 10.1. The highest BCUT2D eigenvalue weighted by Gasteiger charge is 2.44. The van der Waals surface area contributed by atoms with Crippen LogP contribution in [0.25, 0.3) is 11.2 Å². The number of aromatic nitrogens is 4. The Morgan fingerprint density at radius 3 is 2.96 bits per heavy atom. The number of hydrogen-bond donors (Lipinski definition) is 3. The number of aliphatic hydroxyl groups excluding tert-OH is 2. The number of thioether (sulfide) groups is 1. The Kier molecular flexibility index (Phi) is 5.37. The van der Waals surface area contributed by atoms with Gasteiger partial charge in [0.25, 0.3) is 0 Å². The lowest BCUT2D eigenvalue weighted by Gasteiger charge is -2.16. The topological polar surface area (TPSA) is 146 Å². The lowest BCUT2D eigenvalue weighted by molar-refractivity contribution is -0.140. The molecule has 3 rings (SSSR count). The number of anilines is 1. The predicted molar refractivity (Wildman–Crippen MR) is 89.6 cm³/mol. The first kappa shape index (κ1) is 17.9. The van der Waals surface area contributed by atoms with Crippen molar-refractivity contribution in [3.8, 4) is 0 Å². The van der Waals surface area contributed by atoms with Crippen LogP contribution >= 0.6 is 11.8 Å². The van der Waals surface area contributed by atoms with Crippen LogP contribution in [-0.4, -0.2) is 72.6 Å². The van der Waals surface area contributed by atoms with Crippen molar-refractivity contribution in [1.82, 2.24) is 19.5 Å². The van der Waals surface area contributed by atoms with Crippen molar-refractivity contribution in [2.24, 2.45) is 0 Å². The van der Waals surface area contributed by atoms with Crippen molar-refractivity contribution >= 4 is 34.7 Å². The molecule has 0 radical (unpaired) electrons. The zero-order valence-corrected chi connectivity index (χ0v) is 14.3. The fourth-order valence-corrected chi connectivity index (χ4v) is 3.60. The molecule has 4 N–H and O–H groups in total. The maximum atomic E-state index is 11.1.